The average molecular weight is 189 g/mol. The van der Waals surface area contributed by atoms with Crippen LogP contribution in [0, 0.1) is 6.92 Å². The molecule has 0 aliphatic heterocycles. The van der Waals surface area contributed by atoms with Crippen LogP contribution in [0.4, 0.5) is 0 Å². The molecule has 4 nitrogen and oxygen atoms in total. The summed E-state index contributed by atoms with van der Waals surface area (Å²) < 4.78 is 20.5. The van der Waals surface area contributed by atoms with Crippen molar-refractivity contribution in [3.8, 4) is 0 Å². The highest BCUT2D eigenvalue weighted by atomic mass is 32.2. The van der Waals surface area contributed by atoms with Crippen LogP contribution < -0.4 is 0 Å². The van der Waals surface area contributed by atoms with Gasteiger partial charge in [-0.15, -0.1) is 4.33 Å². The molecule has 1 unspecified atom stereocenters. The lowest BCUT2D eigenvalue weighted by Crippen LogP contribution is -1.86. The molecule has 5 heteroatoms. The summed E-state index contributed by atoms with van der Waals surface area (Å²) in [7, 11) is 0. The van der Waals surface area contributed by atoms with Crippen molar-refractivity contribution in [2.45, 2.75) is 6.92 Å². The Morgan fingerprint density at radius 1 is 1.42 bits per heavy atom. The third-order valence-corrected chi connectivity index (χ3v) is 1.12. The molecule has 0 radical (unpaired) electrons. The molecule has 0 aliphatic rings. The Balaban J connectivity index is 0.000000217. The fourth-order valence-electron chi connectivity index (χ4n) is 0.534. The van der Waals surface area contributed by atoms with Gasteiger partial charge in [0.15, 0.2) is 0 Å². The predicted molar refractivity (Wildman–Crippen MR) is 43.8 cm³/mol. The van der Waals surface area contributed by atoms with E-state index >= 15 is 0 Å². The minimum absolute atomic E-state index is 1.32. The van der Waals surface area contributed by atoms with Crippen LogP contribution in [-0.2, 0) is 15.7 Å². The van der Waals surface area contributed by atoms with E-state index in [4.69, 9.17) is 14.0 Å². The number of hydrogen-bond acceptors (Lipinski definition) is 4. The van der Waals surface area contributed by atoms with Crippen molar-refractivity contribution in [3.63, 3.8) is 0 Å². The van der Waals surface area contributed by atoms with Gasteiger partial charge >= 0.3 is 0 Å². The van der Waals surface area contributed by atoms with Crippen LogP contribution in [0.1, 0.15) is 5.56 Å². The second-order valence-corrected chi connectivity index (χ2v) is 2.49. The second kappa shape index (κ2) is 6.93. The fraction of sp³-hybridized carbons (Fsp3) is 0.143. The highest BCUT2D eigenvalue weighted by Gasteiger charge is 1.72. The van der Waals surface area contributed by atoms with Crippen molar-refractivity contribution in [3.05, 3.63) is 35.9 Å². The summed E-state index contributed by atoms with van der Waals surface area (Å²) in [6, 6.07) is 10.3. The van der Waals surface area contributed by atoms with Crippen LogP contribution in [0.25, 0.3) is 0 Å². The van der Waals surface area contributed by atoms with Gasteiger partial charge in [0.1, 0.15) is 11.4 Å². The van der Waals surface area contributed by atoms with Gasteiger partial charge in [0.25, 0.3) is 0 Å². The number of rotatable bonds is 1. The molecular weight excluding hydrogens is 180 g/mol. The van der Waals surface area contributed by atoms with Crippen molar-refractivity contribution in [1.29, 1.82) is 0 Å². The van der Waals surface area contributed by atoms with Crippen molar-refractivity contribution >= 4 is 11.4 Å². The first-order valence-electron chi connectivity index (χ1n) is 3.09. The zero-order valence-corrected chi connectivity index (χ0v) is 7.28. The van der Waals surface area contributed by atoms with Crippen molar-refractivity contribution in [1.82, 2.24) is 0 Å². The van der Waals surface area contributed by atoms with Gasteiger partial charge in [0.05, 0.1) is 0 Å². The van der Waals surface area contributed by atoms with Gasteiger partial charge in [0.2, 0.25) is 0 Å². The third-order valence-electron chi connectivity index (χ3n) is 1.00. The first-order valence-corrected chi connectivity index (χ1v) is 4.09. The maximum atomic E-state index is 8.90. The van der Waals surface area contributed by atoms with E-state index in [1.54, 1.807) is 0 Å². The molecule has 0 bridgehead atoms. The van der Waals surface area contributed by atoms with E-state index < -0.39 is 11.4 Å². The number of hydrogen-bond donors (Lipinski definition) is 1. The maximum absolute atomic E-state index is 8.90. The predicted octanol–water partition coefficient (Wildman–Crippen LogP) is 1.27. The topological polar surface area (TPSA) is 69.6 Å². The van der Waals surface area contributed by atoms with E-state index in [9.17, 15) is 0 Å². The highest BCUT2D eigenvalue weighted by Crippen LogP contribution is 1.92. The lowest BCUT2D eigenvalue weighted by atomic mass is 10.2. The smallest absolute Gasteiger partial charge is 0.120 e. The van der Waals surface area contributed by atoms with E-state index in [2.05, 4.69) is 23.4 Å². The lowest BCUT2D eigenvalue weighted by molar-refractivity contribution is -0.132. The third kappa shape index (κ3) is 7.36. The molecule has 0 aromatic heterocycles. The molecule has 0 spiro atoms. The minimum Gasteiger partial charge on any atom is -0.748 e. The molecule has 0 amide bonds. The quantitative estimate of drug-likeness (QED) is 0.410. The van der Waals surface area contributed by atoms with Crippen LogP contribution in [0.15, 0.2) is 30.3 Å². The Hall–Kier alpha value is -0.750. The first kappa shape index (κ1) is 11.2. The fourth-order valence-corrected chi connectivity index (χ4v) is 0.534. The SMILES string of the molecule is Cc1ccccc1.O=S([O-])OO. The molecule has 1 aromatic rings. The monoisotopic (exact) mass is 189 g/mol. The van der Waals surface area contributed by atoms with E-state index in [0.29, 0.717) is 0 Å². The Bertz CT molecular complexity index is 224. The van der Waals surface area contributed by atoms with Crippen LogP contribution in [0.5, 0.6) is 0 Å². The summed E-state index contributed by atoms with van der Waals surface area (Å²) >= 11 is -2.77. The van der Waals surface area contributed by atoms with Gasteiger partial charge in [-0.05, 0) is 6.92 Å². The summed E-state index contributed by atoms with van der Waals surface area (Å²) in [5.74, 6) is 0. The zero-order valence-electron chi connectivity index (χ0n) is 6.47. The van der Waals surface area contributed by atoms with Crippen LogP contribution in [-0.4, -0.2) is 14.0 Å². The van der Waals surface area contributed by atoms with E-state index in [1.807, 2.05) is 18.2 Å². The van der Waals surface area contributed by atoms with Gasteiger partial charge in [-0.1, -0.05) is 35.9 Å². The van der Waals surface area contributed by atoms with Gasteiger partial charge in [-0.25, -0.2) is 9.47 Å². The summed E-state index contributed by atoms with van der Waals surface area (Å²) in [4.78, 5) is 0. The van der Waals surface area contributed by atoms with Gasteiger partial charge in [-0.3, -0.25) is 0 Å². The molecule has 1 atom stereocenters. The summed E-state index contributed by atoms with van der Waals surface area (Å²) in [6.07, 6.45) is 0. The van der Waals surface area contributed by atoms with Gasteiger partial charge in [-0.2, -0.15) is 0 Å². The van der Waals surface area contributed by atoms with Crippen LogP contribution in [0.3, 0.4) is 0 Å². The van der Waals surface area contributed by atoms with Gasteiger partial charge < -0.3 is 4.55 Å². The van der Waals surface area contributed by atoms with Crippen molar-refractivity contribution in [2.75, 3.05) is 0 Å². The minimum atomic E-state index is -2.77. The Labute approximate surface area is 73.2 Å². The summed E-state index contributed by atoms with van der Waals surface area (Å²) in [5.41, 5.74) is 1.32. The van der Waals surface area contributed by atoms with E-state index in [1.165, 1.54) is 5.56 Å². The van der Waals surface area contributed by atoms with Crippen LogP contribution in [0.2, 0.25) is 0 Å². The molecule has 0 aliphatic carbocycles. The Morgan fingerprint density at radius 2 is 1.83 bits per heavy atom. The summed E-state index contributed by atoms with van der Waals surface area (Å²) in [5, 5.41) is 7.03. The first-order chi connectivity index (χ1) is 5.66. The standard InChI is InChI=1S/C7H8.H2O4S/c1-7-5-3-2-4-6-7;1-4-5(2)3/h2-6H,1H3;1H,(H,2,3)/p-1. The normalized spacial score (nSPS) is 11.2. The zero-order chi connectivity index (χ0) is 9.40. The second-order valence-electron chi connectivity index (χ2n) is 1.93. The van der Waals surface area contributed by atoms with Crippen molar-refractivity contribution in [2.24, 2.45) is 0 Å². The molecule has 1 rings (SSSR count). The molecule has 12 heavy (non-hydrogen) atoms. The highest BCUT2D eigenvalue weighted by molar-refractivity contribution is 7.73. The van der Waals surface area contributed by atoms with E-state index in [-0.39, 0.29) is 0 Å². The number of aryl methyl sites for hydroxylation is 1. The molecule has 1 N–H and O–H groups in total. The lowest BCUT2D eigenvalue weighted by Gasteiger charge is -1.91. The van der Waals surface area contributed by atoms with Crippen LogP contribution >= 0.6 is 0 Å². The summed E-state index contributed by atoms with van der Waals surface area (Å²) in [6.45, 7) is 2.08. The molecule has 0 heterocycles. The molecule has 68 valence electrons. The Kier molecular flexibility index (Phi) is 6.50. The maximum Gasteiger partial charge on any atom is 0.120 e. The largest absolute Gasteiger partial charge is 0.748 e. The molecule has 0 fully saturated rings. The molecule has 0 saturated carbocycles. The van der Waals surface area contributed by atoms with Crippen molar-refractivity contribution < 1.29 is 18.4 Å². The number of benzene rings is 1. The van der Waals surface area contributed by atoms with E-state index in [0.717, 1.165) is 0 Å². The molecular formula is C7H9O4S-. The molecule has 0 saturated heterocycles. The molecule has 1 aromatic carbocycles. The Morgan fingerprint density at radius 3 is 2.00 bits per heavy atom. The van der Waals surface area contributed by atoms with Gasteiger partial charge in [0, 0.05) is 0 Å². The average Bonchev–Trinajstić information content (AvgIpc) is 2.07.